The number of carbonyl (C=O) groups is 3. The van der Waals surface area contributed by atoms with Crippen molar-refractivity contribution in [3.8, 4) is 17.2 Å². The van der Waals surface area contributed by atoms with Crippen LogP contribution in [0.1, 0.15) is 52.0 Å². The number of carbonyl (C=O) groups excluding carboxylic acids is 2. The van der Waals surface area contributed by atoms with E-state index < -0.39 is 5.97 Å². The minimum absolute atomic E-state index is 0.0384. The van der Waals surface area contributed by atoms with Crippen LogP contribution in [-0.4, -0.2) is 35.0 Å². The van der Waals surface area contributed by atoms with Crippen LogP contribution >= 0.6 is 0 Å². The Hall–Kier alpha value is -5.62. The lowest BCUT2D eigenvalue weighted by Gasteiger charge is -2.29. The van der Waals surface area contributed by atoms with Gasteiger partial charge in [0.2, 0.25) is 5.91 Å². The monoisotopic (exact) mass is 589 g/mol. The third-order valence-electron chi connectivity index (χ3n) is 7.35. The smallest absolute Gasteiger partial charge is 0.337 e. The summed E-state index contributed by atoms with van der Waals surface area (Å²) in [6.45, 7) is 7.03. The molecule has 0 heterocycles. The number of hydrogen-bond acceptors (Lipinski definition) is 5. The molecule has 222 valence electrons. The van der Waals surface area contributed by atoms with Crippen LogP contribution in [0.15, 0.2) is 97.1 Å². The fraction of sp³-hybridized carbons (Fsp3) is 0.200. The largest absolute Gasteiger partial charge is 0.490 e. The SMILES string of the molecule is [C-]#[N+]c1ccc(C(=O)NC2CCC(Oc3ccc(Oc4ccc(CC(=O)Nc5ccccc5C(=O)O)cc4)cc3)CC2)cc1. The highest BCUT2D eigenvalue weighted by molar-refractivity contribution is 6.01. The van der Waals surface area contributed by atoms with Gasteiger partial charge in [-0.3, -0.25) is 9.59 Å². The molecule has 0 saturated heterocycles. The van der Waals surface area contributed by atoms with Crippen molar-refractivity contribution in [1.29, 1.82) is 0 Å². The summed E-state index contributed by atoms with van der Waals surface area (Å²) in [5.74, 6) is 0.460. The molecule has 3 N–H and O–H groups in total. The van der Waals surface area contributed by atoms with Gasteiger partial charge in [-0.1, -0.05) is 48.5 Å². The molecule has 0 atom stereocenters. The zero-order chi connectivity index (χ0) is 30.9. The molecule has 9 nitrogen and oxygen atoms in total. The van der Waals surface area contributed by atoms with Gasteiger partial charge in [-0.05, 0) is 79.8 Å². The fourth-order valence-corrected chi connectivity index (χ4v) is 5.03. The van der Waals surface area contributed by atoms with E-state index in [1.165, 1.54) is 6.07 Å². The van der Waals surface area contributed by atoms with Gasteiger partial charge in [-0.25, -0.2) is 9.64 Å². The summed E-state index contributed by atoms with van der Waals surface area (Å²) in [5.41, 5.74) is 2.12. The molecule has 0 aliphatic heterocycles. The zero-order valence-electron chi connectivity index (χ0n) is 23.9. The van der Waals surface area contributed by atoms with Gasteiger partial charge in [0.05, 0.1) is 30.3 Å². The minimum Gasteiger partial charge on any atom is -0.490 e. The van der Waals surface area contributed by atoms with Crippen LogP contribution in [0.3, 0.4) is 0 Å². The molecule has 0 spiro atoms. The second kappa shape index (κ2) is 14.0. The number of nitrogens with zero attached hydrogens (tertiary/aromatic N) is 1. The zero-order valence-corrected chi connectivity index (χ0v) is 23.9. The number of benzene rings is 4. The van der Waals surface area contributed by atoms with Crippen molar-refractivity contribution in [3.63, 3.8) is 0 Å². The molecule has 1 aliphatic rings. The number of rotatable bonds is 10. The first kappa shape index (κ1) is 29.9. The van der Waals surface area contributed by atoms with Crippen LogP contribution < -0.4 is 20.1 Å². The van der Waals surface area contributed by atoms with Crippen molar-refractivity contribution in [2.75, 3.05) is 5.32 Å². The molecule has 0 radical (unpaired) electrons. The summed E-state index contributed by atoms with van der Waals surface area (Å²) in [7, 11) is 0. The molecule has 1 saturated carbocycles. The van der Waals surface area contributed by atoms with Gasteiger partial charge in [0, 0.05) is 11.6 Å². The van der Waals surface area contributed by atoms with E-state index >= 15 is 0 Å². The normalized spacial score (nSPS) is 15.8. The van der Waals surface area contributed by atoms with Crippen LogP contribution in [-0.2, 0) is 11.2 Å². The number of para-hydroxylation sites is 1. The van der Waals surface area contributed by atoms with Crippen LogP contribution in [0, 0.1) is 6.57 Å². The van der Waals surface area contributed by atoms with Crippen molar-refractivity contribution < 1.29 is 29.0 Å². The van der Waals surface area contributed by atoms with E-state index in [0.29, 0.717) is 22.7 Å². The Bertz CT molecular complexity index is 1650. The molecule has 44 heavy (non-hydrogen) atoms. The third kappa shape index (κ3) is 8.01. The van der Waals surface area contributed by atoms with E-state index in [0.717, 1.165) is 37.0 Å². The van der Waals surface area contributed by atoms with E-state index in [9.17, 15) is 19.5 Å². The van der Waals surface area contributed by atoms with Crippen molar-refractivity contribution in [2.45, 2.75) is 44.2 Å². The van der Waals surface area contributed by atoms with Crippen LogP contribution in [0.2, 0.25) is 0 Å². The highest BCUT2D eigenvalue weighted by Gasteiger charge is 2.24. The molecule has 4 aromatic carbocycles. The van der Waals surface area contributed by atoms with E-state index in [-0.39, 0.29) is 41.6 Å². The van der Waals surface area contributed by atoms with E-state index in [1.807, 2.05) is 24.3 Å². The van der Waals surface area contributed by atoms with Gasteiger partial charge in [0.1, 0.15) is 17.2 Å². The van der Waals surface area contributed by atoms with Gasteiger partial charge < -0.3 is 25.2 Å². The standard InChI is InChI=1S/C35H31N3O6/c1-36-25-10-8-24(9-11-25)34(40)37-26-12-16-28(17-13-26)44-30-20-18-29(19-21-30)43-27-14-6-23(7-15-27)22-33(39)38-32-5-3-2-4-31(32)35(41)42/h2-11,14-15,18-21,26,28H,12-13,16-17,22H2,(H,37,40)(H,38,39)(H,41,42). The number of hydrogen-bond donors (Lipinski definition) is 3. The highest BCUT2D eigenvalue weighted by atomic mass is 16.5. The summed E-state index contributed by atoms with van der Waals surface area (Å²) in [6.07, 6.45) is 3.46. The van der Waals surface area contributed by atoms with Crippen LogP contribution in [0.5, 0.6) is 17.2 Å². The van der Waals surface area contributed by atoms with E-state index in [2.05, 4.69) is 15.5 Å². The van der Waals surface area contributed by atoms with Gasteiger partial charge in [-0.2, -0.15) is 0 Å². The molecule has 5 rings (SSSR count). The molecular formula is C35H31N3O6. The van der Waals surface area contributed by atoms with Crippen molar-refractivity contribution >= 4 is 29.2 Å². The molecule has 0 bridgehead atoms. The Labute approximate surface area is 255 Å². The summed E-state index contributed by atoms with van der Waals surface area (Å²) in [5, 5.41) is 15.0. The Morgan fingerprint density at radius 2 is 1.41 bits per heavy atom. The van der Waals surface area contributed by atoms with Crippen molar-refractivity contribution in [2.24, 2.45) is 0 Å². The molecule has 1 aliphatic carbocycles. The number of aromatic carboxylic acids is 1. The van der Waals surface area contributed by atoms with Crippen molar-refractivity contribution in [1.82, 2.24) is 5.32 Å². The predicted molar refractivity (Wildman–Crippen MR) is 166 cm³/mol. The lowest BCUT2D eigenvalue weighted by molar-refractivity contribution is -0.115. The fourth-order valence-electron chi connectivity index (χ4n) is 5.03. The van der Waals surface area contributed by atoms with Gasteiger partial charge >= 0.3 is 5.97 Å². The molecule has 0 aromatic heterocycles. The first-order chi connectivity index (χ1) is 21.4. The second-order valence-electron chi connectivity index (χ2n) is 10.5. The Balaban J connectivity index is 1.05. The lowest BCUT2D eigenvalue weighted by Crippen LogP contribution is -2.39. The number of nitrogens with one attached hydrogen (secondary N) is 2. The quantitative estimate of drug-likeness (QED) is 0.171. The summed E-state index contributed by atoms with van der Waals surface area (Å²) < 4.78 is 12.1. The Morgan fingerprint density at radius 3 is 2.05 bits per heavy atom. The maximum Gasteiger partial charge on any atom is 0.337 e. The average molecular weight is 590 g/mol. The molecule has 9 heteroatoms. The molecule has 0 unspecified atom stereocenters. The Morgan fingerprint density at radius 1 is 0.795 bits per heavy atom. The first-order valence-corrected chi connectivity index (χ1v) is 14.3. The van der Waals surface area contributed by atoms with Crippen LogP contribution in [0.25, 0.3) is 4.85 Å². The Kier molecular flexibility index (Phi) is 9.52. The van der Waals surface area contributed by atoms with Gasteiger partial charge in [0.25, 0.3) is 5.91 Å². The van der Waals surface area contributed by atoms with Crippen LogP contribution in [0.4, 0.5) is 11.4 Å². The summed E-state index contributed by atoms with van der Waals surface area (Å²) in [4.78, 5) is 39.7. The predicted octanol–water partition coefficient (Wildman–Crippen LogP) is 7.03. The summed E-state index contributed by atoms with van der Waals surface area (Å²) >= 11 is 0. The van der Waals surface area contributed by atoms with Gasteiger partial charge in [0.15, 0.2) is 5.69 Å². The number of carboxylic acid groups (broad SMARTS) is 1. The molecule has 2 amide bonds. The number of amides is 2. The molecule has 1 fully saturated rings. The van der Waals surface area contributed by atoms with E-state index in [4.69, 9.17) is 16.0 Å². The van der Waals surface area contributed by atoms with Gasteiger partial charge in [-0.15, -0.1) is 0 Å². The highest BCUT2D eigenvalue weighted by Crippen LogP contribution is 2.28. The topological polar surface area (TPSA) is 118 Å². The molecule has 4 aromatic rings. The minimum atomic E-state index is -1.10. The lowest BCUT2D eigenvalue weighted by atomic mass is 9.92. The second-order valence-corrected chi connectivity index (χ2v) is 10.5. The summed E-state index contributed by atoms with van der Waals surface area (Å²) in [6, 6.07) is 27.6. The maximum absolute atomic E-state index is 12.5. The number of ether oxygens (including phenoxy) is 2. The van der Waals surface area contributed by atoms with Crippen molar-refractivity contribution in [3.05, 3.63) is 125 Å². The number of carboxylic acids is 1. The maximum atomic E-state index is 12.5. The van der Waals surface area contributed by atoms with E-state index in [1.54, 1.807) is 66.7 Å². The third-order valence-corrected chi connectivity index (χ3v) is 7.35. The number of anilines is 1. The average Bonchev–Trinajstić information content (AvgIpc) is 3.04. The molecular weight excluding hydrogens is 558 g/mol. The first-order valence-electron chi connectivity index (χ1n) is 14.3.